The number of rotatable bonds is 7. The molecule has 0 aliphatic heterocycles. The molecule has 1 aromatic carbocycles. The Hall–Kier alpha value is -1.30. The van der Waals surface area contributed by atoms with Gasteiger partial charge in [-0.05, 0) is 24.6 Å². The van der Waals surface area contributed by atoms with Gasteiger partial charge in [-0.3, -0.25) is 0 Å². The minimum absolute atomic E-state index is 0.123. The summed E-state index contributed by atoms with van der Waals surface area (Å²) >= 11 is 0. The van der Waals surface area contributed by atoms with Gasteiger partial charge in [0.25, 0.3) is 0 Å². The van der Waals surface area contributed by atoms with E-state index >= 15 is 0 Å². The maximum Gasteiger partial charge on any atom is 0.161 e. The molecule has 5 heteroatoms. The summed E-state index contributed by atoms with van der Waals surface area (Å²) in [6.07, 6.45) is -1.25. The summed E-state index contributed by atoms with van der Waals surface area (Å²) in [6, 6.07) is 5.17. The fourth-order valence-electron chi connectivity index (χ4n) is 1.49. The molecule has 0 radical (unpaired) electrons. The first-order valence-corrected chi connectivity index (χ1v) is 5.74. The Labute approximate surface area is 107 Å². The van der Waals surface area contributed by atoms with Crippen molar-refractivity contribution in [2.45, 2.75) is 19.1 Å². The molecule has 0 bridgehead atoms. The zero-order valence-electron chi connectivity index (χ0n) is 10.9. The third kappa shape index (κ3) is 4.18. The van der Waals surface area contributed by atoms with Gasteiger partial charge < -0.3 is 24.4 Å². The van der Waals surface area contributed by atoms with Crippen molar-refractivity contribution in [1.29, 1.82) is 0 Å². The van der Waals surface area contributed by atoms with Gasteiger partial charge in [0.2, 0.25) is 0 Å². The maximum atomic E-state index is 9.49. The van der Waals surface area contributed by atoms with Gasteiger partial charge in [0.15, 0.2) is 11.5 Å². The van der Waals surface area contributed by atoms with E-state index in [1.54, 1.807) is 25.1 Å². The van der Waals surface area contributed by atoms with E-state index < -0.39 is 12.2 Å². The van der Waals surface area contributed by atoms with Gasteiger partial charge >= 0.3 is 0 Å². The van der Waals surface area contributed by atoms with Crippen molar-refractivity contribution in [1.82, 2.24) is 0 Å². The molecule has 0 fully saturated rings. The SMILES string of the molecule is COCC(O)COc1ccc(C(C)O)cc1OC. The summed E-state index contributed by atoms with van der Waals surface area (Å²) in [6.45, 7) is 2.02. The molecule has 0 saturated heterocycles. The quantitative estimate of drug-likeness (QED) is 0.765. The van der Waals surface area contributed by atoms with Crippen LogP contribution in [0, 0.1) is 0 Å². The average Bonchev–Trinajstić information content (AvgIpc) is 2.36. The van der Waals surface area contributed by atoms with Crippen molar-refractivity contribution in [3.05, 3.63) is 23.8 Å². The lowest BCUT2D eigenvalue weighted by Gasteiger charge is -2.15. The van der Waals surface area contributed by atoms with Gasteiger partial charge in [0.05, 0.1) is 19.8 Å². The van der Waals surface area contributed by atoms with Crippen LogP contribution in [0.15, 0.2) is 18.2 Å². The van der Waals surface area contributed by atoms with Gasteiger partial charge in [0, 0.05) is 7.11 Å². The molecule has 1 aromatic rings. The third-order valence-corrected chi connectivity index (χ3v) is 2.46. The second-order valence-corrected chi connectivity index (χ2v) is 4.01. The minimum atomic E-state index is -0.684. The number of hydrogen-bond acceptors (Lipinski definition) is 5. The second-order valence-electron chi connectivity index (χ2n) is 4.01. The lowest BCUT2D eigenvalue weighted by molar-refractivity contribution is 0.0319. The van der Waals surface area contributed by atoms with E-state index in [1.165, 1.54) is 14.2 Å². The molecule has 0 amide bonds. The first-order chi connectivity index (χ1) is 8.58. The molecule has 102 valence electrons. The van der Waals surface area contributed by atoms with Crippen molar-refractivity contribution < 1.29 is 24.4 Å². The molecule has 5 nitrogen and oxygen atoms in total. The van der Waals surface area contributed by atoms with E-state index in [4.69, 9.17) is 14.2 Å². The highest BCUT2D eigenvalue weighted by molar-refractivity contribution is 5.43. The van der Waals surface area contributed by atoms with Gasteiger partial charge in [-0.15, -0.1) is 0 Å². The van der Waals surface area contributed by atoms with Crippen molar-refractivity contribution in [3.8, 4) is 11.5 Å². The van der Waals surface area contributed by atoms with Gasteiger partial charge in [-0.25, -0.2) is 0 Å². The predicted octanol–water partition coefficient (Wildman–Crippen LogP) is 1.13. The molecule has 0 saturated carbocycles. The minimum Gasteiger partial charge on any atom is -0.493 e. The summed E-state index contributed by atoms with van der Waals surface area (Å²) < 4.78 is 15.4. The number of benzene rings is 1. The Morgan fingerprint density at radius 2 is 1.83 bits per heavy atom. The van der Waals surface area contributed by atoms with Gasteiger partial charge in [-0.2, -0.15) is 0 Å². The molecule has 2 unspecified atom stereocenters. The zero-order valence-corrected chi connectivity index (χ0v) is 10.9. The Morgan fingerprint density at radius 1 is 1.11 bits per heavy atom. The summed E-state index contributed by atoms with van der Waals surface area (Å²) in [7, 11) is 3.04. The molecular formula is C13H20O5. The molecule has 18 heavy (non-hydrogen) atoms. The van der Waals surface area contributed by atoms with Crippen LogP contribution >= 0.6 is 0 Å². The molecule has 2 atom stereocenters. The normalized spacial score (nSPS) is 14.1. The highest BCUT2D eigenvalue weighted by Gasteiger charge is 2.11. The molecule has 0 aliphatic rings. The number of methoxy groups -OCH3 is 2. The van der Waals surface area contributed by atoms with Crippen LogP contribution < -0.4 is 9.47 Å². The Bertz CT molecular complexity index is 364. The Balaban J connectivity index is 2.70. The standard InChI is InChI=1S/C13H20O5/c1-9(14)10-4-5-12(13(6-10)17-3)18-8-11(15)7-16-2/h4-6,9,11,14-15H,7-8H2,1-3H3. The van der Waals surface area contributed by atoms with Crippen molar-refractivity contribution >= 4 is 0 Å². The number of aliphatic hydroxyl groups is 2. The highest BCUT2D eigenvalue weighted by atomic mass is 16.5. The Morgan fingerprint density at radius 3 is 2.39 bits per heavy atom. The van der Waals surface area contributed by atoms with Crippen LogP contribution in [-0.4, -0.2) is 43.8 Å². The third-order valence-electron chi connectivity index (χ3n) is 2.46. The number of hydrogen-bond donors (Lipinski definition) is 2. The molecule has 1 rings (SSSR count). The van der Waals surface area contributed by atoms with Crippen LogP contribution in [0.5, 0.6) is 11.5 Å². The van der Waals surface area contributed by atoms with Crippen molar-refractivity contribution in [3.63, 3.8) is 0 Å². The first-order valence-electron chi connectivity index (χ1n) is 5.74. The monoisotopic (exact) mass is 256 g/mol. The molecule has 0 aromatic heterocycles. The van der Waals surface area contributed by atoms with E-state index in [9.17, 15) is 10.2 Å². The van der Waals surface area contributed by atoms with Crippen LogP contribution in [0.25, 0.3) is 0 Å². The van der Waals surface area contributed by atoms with E-state index in [0.29, 0.717) is 11.5 Å². The van der Waals surface area contributed by atoms with Crippen LogP contribution in [0.3, 0.4) is 0 Å². The lowest BCUT2D eigenvalue weighted by atomic mass is 10.1. The van der Waals surface area contributed by atoms with Gasteiger partial charge in [-0.1, -0.05) is 6.07 Å². The molecule has 0 spiro atoms. The van der Waals surface area contributed by atoms with E-state index in [1.807, 2.05) is 0 Å². The highest BCUT2D eigenvalue weighted by Crippen LogP contribution is 2.30. The number of ether oxygens (including phenoxy) is 3. The first kappa shape index (κ1) is 14.8. The summed E-state index contributed by atoms with van der Waals surface area (Å²) in [4.78, 5) is 0. The van der Waals surface area contributed by atoms with E-state index in [-0.39, 0.29) is 13.2 Å². The summed E-state index contributed by atoms with van der Waals surface area (Å²) in [5, 5.41) is 19.0. The van der Waals surface area contributed by atoms with Crippen LogP contribution in [0.4, 0.5) is 0 Å². The van der Waals surface area contributed by atoms with Crippen LogP contribution in [-0.2, 0) is 4.74 Å². The fourth-order valence-corrected chi connectivity index (χ4v) is 1.49. The van der Waals surface area contributed by atoms with E-state index in [2.05, 4.69) is 0 Å². The van der Waals surface area contributed by atoms with Crippen LogP contribution in [0.2, 0.25) is 0 Å². The largest absolute Gasteiger partial charge is 0.493 e. The molecule has 0 heterocycles. The van der Waals surface area contributed by atoms with Crippen molar-refractivity contribution in [2.24, 2.45) is 0 Å². The fraction of sp³-hybridized carbons (Fsp3) is 0.538. The number of aliphatic hydroxyl groups excluding tert-OH is 2. The van der Waals surface area contributed by atoms with Crippen molar-refractivity contribution in [2.75, 3.05) is 27.4 Å². The topological polar surface area (TPSA) is 68.2 Å². The van der Waals surface area contributed by atoms with Gasteiger partial charge in [0.1, 0.15) is 12.7 Å². The lowest BCUT2D eigenvalue weighted by Crippen LogP contribution is -2.22. The Kier molecular flexibility index (Phi) is 5.91. The molecule has 0 aliphatic carbocycles. The second kappa shape index (κ2) is 7.20. The summed E-state index contributed by atoms with van der Waals surface area (Å²) in [5.74, 6) is 1.05. The molecule has 2 N–H and O–H groups in total. The van der Waals surface area contributed by atoms with E-state index in [0.717, 1.165) is 5.56 Å². The predicted molar refractivity (Wildman–Crippen MR) is 67.0 cm³/mol. The zero-order chi connectivity index (χ0) is 13.5. The maximum absolute atomic E-state index is 9.49. The summed E-state index contributed by atoms with van der Waals surface area (Å²) in [5.41, 5.74) is 0.747. The smallest absolute Gasteiger partial charge is 0.161 e. The molecular weight excluding hydrogens is 236 g/mol. The van der Waals surface area contributed by atoms with Crippen LogP contribution in [0.1, 0.15) is 18.6 Å². The average molecular weight is 256 g/mol.